The largest absolute Gasteiger partial charge is 0.409 e. The molecule has 5 heteroatoms. The molecule has 0 bridgehead atoms. The molecule has 16 heavy (non-hydrogen) atoms. The standard InChI is InChI=1S/C11H21N3O2/c12-10(13-15)8-14-6-3-5-11(9-14)4-1-2-7-16-11/h15H,1-9H2,(H2,12,13)/t11-/m0/s1. The van der Waals surface area contributed by atoms with Gasteiger partial charge in [0.15, 0.2) is 5.84 Å². The van der Waals surface area contributed by atoms with Crippen LogP contribution in [-0.2, 0) is 4.74 Å². The van der Waals surface area contributed by atoms with Gasteiger partial charge in [0.25, 0.3) is 0 Å². The molecule has 0 unspecified atom stereocenters. The molecule has 2 rings (SSSR count). The van der Waals surface area contributed by atoms with Gasteiger partial charge in [0.2, 0.25) is 0 Å². The number of nitrogens with zero attached hydrogens (tertiary/aromatic N) is 2. The quantitative estimate of drug-likeness (QED) is 0.316. The average Bonchev–Trinajstić information content (AvgIpc) is 2.30. The molecule has 2 heterocycles. The molecule has 2 fully saturated rings. The lowest BCUT2D eigenvalue weighted by Gasteiger charge is -2.44. The lowest BCUT2D eigenvalue weighted by molar-refractivity contribution is -0.114. The summed E-state index contributed by atoms with van der Waals surface area (Å²) in [7, 11) is 0. The molecule has 3 N–H and O–H groups in total. The summed E-state index contributed by atoms with van der Waals surface area (Å²) in [6.07, 6.45) is 5.89. The van der Waals surface area contributed by atoms with Crippen molar-refractivity contribution in [3.8, 4) is 0 Å². The maximum atomic E-state index is 8.57. The van der Waals surface area contributed by atoms with Crippen molar-refractivity contribution in [2.45, 2.75) is 37.7 Å². The molecule has 2 aliphatic rings. The van der Waals surface area contributed by atoms with E-state index in [9.17, 15) is 0 Å². The highest BCUT2D eigenvalue weighted by atomic mass is 16.5. The maximum absolute atomic E-state index is 8.57. The Labute approximate surface area is 96.2 Å². The number of ether oxygens (including phenoxy) is 1. The number of rotatable bonds is 2. The fourth-order valence-corrected chi connectivity index (χ4v) is 2.82. The van der Waals surface area contributed by atoms with Crippen molar-refractivity contribution in [2.24, 2.45) is 10.9 Å². The zero-order valence-corrected chi connectivity index (χ0v) is 9.69. The number of oxime groups is 1. The van der Waals surface area contributed by atoms with E-state index in [0.717, 1.165) is 39.0 Å². The first kappa shape index (κ1) is 11.7. The molecule has 0 radical (unpaired) electrons. The van der Waals surface area contributed by atoms with E-state index in [0.29, 0.717) is 6.54 Å². The van der Waals surface area contributed by atoms with Crippen LogP contribution in [0.25, 0.3) is 0 Å². The third-order valence-corrected chi connectivity index (χ3v) is 3.57. The van der Waals surface area contributed by atoms with Crippen molar-refractivity contribution in [2.75, 3.05) is 26.2 Å². The van der Waals surface area contributed by atoms with E-state index in [-0.39, 0.29) is 11.4 Å². The summed E-state index contributed by atoms with van der Waals surface area (Å²) in [5.41, 5.74) is 5.59. The third kappa shape index (κ3) is 2.65. The van der Waals surface area contributed by atoms with Gasteiger partial charge >= 0.3 is 0 Å². The highest BCUT2D eigenvalue weighted by molar-refractivity contribution is 5.81. The van der Waals surface area contributed by atoms with Crippen molar-refractivity contribution in [3.05, 3.63) is 0 Å². The highest BCUT2D eigenvalue weighted by Crippen LogP contribution is 2.33. The Bertz CT molecular complexity index is 256. The van der Waals surface area contributed by atoms with Gasteiger partial charge in [-0.15, -0.1) is 0 Å². The fraction of sp³-hybridized carbons (Fsp3) is 0.909. The van der Waals surface area contributed by atoms with Crippen LogP contribution >= 0.6 is 0 Å². The predicted octanol–water partition coefficient (Wildman–Crippen LogP) is 0.768. The van der Waals surface area contributed by atoms with Crippen LogP contribution < -0.4 is 5.73 Å². The van der Waals surface area contributed by atoms with Gasteiger partial charge < -0.3 is 15.7 Å². The summed E-state index contributed by atoms with van der Waals surface area (Å²) in [4.78, 5) is 2.23. The van der Waals surface area contributed by atoms with Crippen molar-refractivity contribution in [1.29, 1.82) is 0 Å². The Morgan fingerprint density at radius 3 is 2.88 bits per heavy atom. The first-order chi connectivity index (χ1) is 7.74. The zero-order chi connectivity index (χ0) is 11.4. The predicted molar refractivity (Wildman–Crippen MR) is 61.6 cm³/mol. The number of hydrogen-bond donors (Lipinski definition) is 2. The smallest absolute Gasteiger partial charge is 0.153 e. The van der Waals surface area contributed by atoms with Crippen LogP contribution in [0.1, 0.15) is 32.1 Å². The lowest BCUT2D eigenvalue weighted by atomic mass is 9.86. The van der Waals surface area contributed by atoms with Crippen LogP contribution in [0.2, 0.25) is 0 Å². The summed E-state index contributed by atoms with van der Waals surface area (Å²) in [5.74, 6) is 0.285. The Morgan fingerprint density at radius 1 is 1.38 bits per heavy atom. The number of piperidine rings is 1. The molecule has 0 aromatic rings. The second kappa shape index (κ2) is 5.01. The molecule has 0 aromatic carbocycles. The Hall–Kier alpha value is -0.810. The Balaban J connectivity index is 1.92. The molecular formula is C11H21N3O2. The highest BCUT2D eigenvalue weighted by Gasteiger charge is 2.37. The topological polar surface area (TPSA) is 71.1 Å². The SMILES string of the molecule is NC(CN1CCC[C@@]2(CCCCO2)C1)=NO. The van der Waals surface area contributed by atoms with Crippen molar-refractivity contribution in [3.63, 3.8) is 0 Å². The molecule has 0 saturated carbocycles. The summed E-state index contributed by atoms with van der Waals surface area (Å²) in [6.45, 7) is 3.36. The van der Waals surface area contributed by atoms with Gasteiger partial charge in [0, 0.05) is 13.2 Å². The minimum absolute atomic E-state index is 0.0479. The van der Waals surface area contributed by atoms with Crippen molar-refractivity contribution in [1.82, 2.24) is 4.90 Å². The van der Waals surface area contributed by atoms with Crippen LogP contribution in [0.3, 0.4) is 0 Å². The number of hydrogen-bond acceptors (Lipinski definition) is 4. The summed E-state index contributed by atoms with van der Waals surface area (Å²) >= 11 is 0. The second-order valence-electron chi connectivity index (χ2n) is 4.89. The molecule has 0 amide bonds. The number of amidine groups is 1. The minimum Gasteiger partial charge on any atom is -0.409 e. The van der Waals surface area contributed by atoms with E-state index in [1.807, 2.05) is 0 Å². The Morgan fingerprint density at radius 2 is 2.19 bits per heavy atom. The maximum Gasteiger partial charge on any atom is 0.153 e. The molecule has 2 aliphatic heterocycles. The summed E-state index contributed by atoms with van der Waals surface area (Å²) in [6, 6.07) is 0. The lowest BCUT2D eigenvalue weighted by Crippen LogP contribution is -2.53. The van der Waals surface area contributed by atoms with E-state index >= 15 is 0 Å². The van der Waals surface area contributed by atoms with E-state index in [4.69, 9.17) is 15.7 Å². The molecule has 2 saturated heterocycles. The van der Waals surface area contributed by atoms with Crippen LogP contribution in [0.4, 0.5) is 0 Å². The molecule has 0 aromatic heterocycles. The summed E-state index contributed by atoms with van der Waals surface area (Å²) in [5, 5.41) is 11.6. The third-order valence-electron chi connectivity index (χ3n) is 3.57. The molecule has 1 atom stereocenters. The molecule has 5 nitrogen and oxygen atoms in total. The first-order valence-electron chi connectivity index (χ1n) is 6.07. The monoisotopic (exact) mass is 227 g/mol. The summed E-state index contributed by atoms with van der Waals surface area (Å²) < 4.78 is 5.97. The van der Waals surface area contributed by atoms with Crippen LogP contribution in [0.15, 0.2) is 5.16 Å². The van der Waals surface area contributed by atoms with Gasteiger partial charge in [-0.1, -0.05) is 5.16 Å². The van der Waals surface area contributed by atoms with E-state index < -0.39 is 0 Å². The average molecular weight is 227 g/mol. The van der Waals surface area contributed by atoms with Gasteiger partial charge in [0.05, 0.1) is 12.1 Å². The second-order valence-corrected chi connectivity index (χ2v) is 4.89. The van der Waals surface area contributed by atoms with Crippen LogP contribution in [0, 0.1) is 0 Å². The normalized spacial score (nSPS) is 33.1. The number of likely N-dealkylation sites (tertiary alicyclic amines) is 1. The fourth-order valence-electron chi connectivity index (χ4n) is 2.82. The number of nitrogens with two attached hydrogens (primary N) is 1. The Kier molecular flexibility index (Phi) is 3.66. The van der Waals surface area contributed by atoms with Crippen molar-refractivity contribution < 1.29 is 9.94 Å². The van der Waals surface area contributed by atoms with Crippen LogP contribution in [-0.4, -0.2) is 47.8 Å². The zero-order valence-electron chi connectivity index (χ0n) is 9.69. The van der Waals surface area contributed by atoms with E-state index in [1.165, 1.54) is 12.8 Å². The van der Waals surface area contributed by atoms with Gasteiger partial charge in [-0.3, -0.25) is 4.90 Å². The van der Waals surface area contributed by atoms with Crippen LogP contribution in [0.5, 0.6) is 0 Å². The van der Waals surface area contributed by atoms with Gasteiger partial charge in [-0.2, -0.15) is 0 Å². The molecular weight excluding hydrogens is 206 g/mol. The molecule has 92 valence electrons. The van der Waals surface area contributed by atoms with Gasteiger partial charge in [0.1, 0.15) is 0 Å². The minimum atomic E-state index is 0.0479. The van der Waals surface area contributed by atoms with Crippen molar-refractivity contribution >= 4 is 5.84 Å². The van der Waals surface area contributed by atoms with Gasteiger partial charge in [-0.25, -0.2) is 0 Å². The van der Waals surface area contributed by atoms with E-state index in [1.54, 1.807) is 0 Å². The van der Waals surface area contributed by atoms with E-state index in [2.05, 4.69) is 10.1 Å². The van der Waals surface area contributed by atoms with Gasteiger partial charge in [-0.05, 0) is 38.6 Å². The molecule has 0 aliphatic carbocycles. The first-order valence-corrected chi connectivity index (χ1v) is 6.07. The molecule has 1 spiro atoms.